The predicted molar refractivity (Wildman–Crippen MR) is 120 cm³/mol. The highest BCUT2D eigenvalue weighted by atomic mass is 16.5. The van der Waals surface area contributed by atoms with E-state index >= 15 is 0 Å². The lowest BCUT2D eigenvalue weighted by Crippen LogP contribution is -2.32. The Hall–Kier alpha value is -3.28. The van der Waals surface area contributed by atoms with Crippen molar-refractivity contribution in [2.75, 3.05) is 12.0 Å². The number of benzene rings is 2. The van der Waals surface area contributed by atoms with Gasteiger partial charge in [-0.25, -0.2) is 0 Å². The Kier molecular flexibility index (Phi) is 6.11. The predicted octanol–water partition coefficient (Wildman–Crippen LogP) is 5.00. The lowest BCUT2D eigenvalue weighted by molar-refractivity contribution is -0.123. The monoisotopic (exact) mass is 423 g/mol. The number of hydrogen-bond acceptors (Lipinski definition) is 5. The van der Waals surface area contributed by atoms with Crippen LogP contribution in [0.5, 0.6) is 11.5 Å². The van der Waals surface area contributed by atoms with Crippen molar-refractivity contribution in [1.29, 1.82) is 0 Å². The van der Waals surface area contributed by atoms with E-state index in [0.717, 1.165) is 0 Å². The largest absolute Gasteiger partial charge is 0.503 e. The fourth-order valence-electron chi connectivity index (χ4n) is 3.60. The molecule has 0 spiro atoms. The molecular formula is C25H29NO5. The summed E-state index contributed by atoms with van der Waals surface area (Å²) in [6.45, 7) is 9.16. The molecule has 1 atom stereocenters. The second kappa shape index (κ2) is 8.46. The summed E-state index contributed by atoms with van der Waals surface area (Å²) in [5.41, 5.74) is 0.548. The van der Waals surface area contributed by atoms with Gasteiger partial charge in [0.2, 0.25) is 0 Å². The van der Waals surface area contributed by atoms with Crippen LogP contribution in [-0.4, -0.2) is 30.0 Å². The molecule has 0 saturated carbocycles. The van der Waals surface area contributed by atoms with Crippen molar-refractivity contribution in [1.82, 2.24) is 0 Å². The number of Topliss-reactive ketones (excluding diaryl/α,β-unsaturated/α-hetero) is 1. The highest BCUT2D eigenvalue weighted by Gasteiger charge is 2.46. The van der Waals surface area contributed by atoms with Crippen LogP contribution in [0.1, 0.15) is 46.2 Å². The number of ketones is 1. The zero-order valence-electron chi connectivity index (χ0n) is 18.8. The van der Waals surface area contributed by atoms with Gasteiger partial charge < -0.3 is 14.6 Å². The van der Waals surface area contributed by atoms with E-state index in [1.807, 2.05) is 38.1 Å². The third-order valence-corrected chi connectivity index (χ3v) is 5.03. The maximum absolute atomic E-state index is 13.3. The summed E-state index contributed by atoms with van der Waals surface area (Å²) in [6.07, 6.45) is -0.0298. The Morgan fingerprint density at radius 2 is 1.71 bits per heavy atom. The summed E-state index contributed by atoms with van der Waals surface area (Å²) in [5.74, 6) is -0.144. The summed E-state index contributed by atoms with van der Waals surface area (Å²) in [5, 5.41) is 10.8. The minimum atomic E-state index is -0.775. The number of ether oxygens (including phenoxy) is 2. The number of anilines is 1. The molecule has 31 heavy (non-hydrogen) atoms. The highest BCUT2D eigenvalue weighted by Crippen LogP contribution is 2.44. The zero-order valence-corrected chi connectivity index (χ0v) is 18.8. The number of carbonyl (C=O) groups excluding carboxylic acids is 2. The minimum Gasteiger partial charge on any atom is -0.503 e. The molecule has 0 aliphatic carbocycles. The van der Waals surface area contributed by atoms with Crippen molar-refractivity contribution >= 4 is 17.4 Å². The van der Waals surface area contributed by atoms with Gasteiger partial charge in [-0.3, -0.25) is 14.5 Å². The number of aliphatic hydroxyl groups excluding tert-OH is 1. The van der Waals surface area contributed by atoms with Gasteiger partial charge in [0.05, 0.1) is 24.8 Å². The van der Waals surface area contributed by atoms with E-state index in [9.17, 15) is 14.7 Å². The summed E-state index contributed by atoms with van der Waals surface area (Å²) in [6, 6.07) is 13.4. The van der Waals surface area contributed by atoms with Crippen LogP contribution in [0.15, 0.2) is 59.9 Å². The molecule has 0 fully saturated rings. The van der Waals surface area contributed by atoms with Crippen molar-refractivity contribution in [2.45, 2.75) is 46.8 Å². The first-order valence-corrected chi connectivity index (χ1v) is 10.3. The fraction of sp³-hybridized carbons (Fsp3) is 0.360. The molecular weight excluding hydrogens is 394 g/mol. The van der Waals surface area contributed by atoms with E-state index in [0.29, 0.717) is 22.7 Å². The first-order valence-electron chi connectivity index (χ1n) is 10.3. The van der Waals surface area contributed by atoms with E-state index in [-0.39, 0.29) is 17.5 Å². The molecule has 6 heteroatoms. The molecule has 3 rings (SSSR count). The van der Waals surface area contributed by atoms with Gasteiger partial charge in [0.15, 0.2) is 11.5 Å². The summed E-state index contributed by atoms with van der Waals surface area (Å²) < 4.78 is 11.0. The quantitative estimate of drug-likeness (QED) is 0.708. The maximum Gasteiger partial charge on any atom is 0.294 e. The standard InChI is InChI=1S/C25H29NO5/c1-15(2)31-19-9-7-8-16(14-19)21-20(23(28)25(3,4)5)22(27)24(29)26(21)17-10-12-18(30-6)13-11-17/h7-15,21,27H,1-6H3. The lowest BCUT2D eigenvalue weighted by atomic mass is 9.82. The third kappa shape index (κ3) is 4.43. The smallest absolute Gasteiger partial charge is 0.294 e. The zero-order chi connectivity index (χ0) is 22.9. The van der Waals surface area contributed by atoms with Crippen LogP contribution in [0.25, 0.3) is 0 Å². The molecule has 1 aliphatic heterocycles. The van der Waals surface area contributed by atoms with Crippen LogP contribution in [0, 0.1) is 5.41 Å². The normalized spacial score (nSPS) is 16.8. The van der Waals surface area contributed by atoms with E-state index in [1.165, 1.54) is 4.90 Å². The Bertz CT molecular complexity index is 1010. The van der Waals surface area contributed by atoms with Crippen LogP contribution >= 0.6 is 0 Å². The summed E-state index contributed by atoms with van der Waals surface area (Å²) in [4.78, 5) is 27.9. The van der Waals surface area contributed by atoms with E-state index < -0.39 is 23.1 Å². The van der Waals surface area contributed by atoms with E-state index in [4.69, 9.17) is 9.47 Å². The number of nitrogens with zero attached hydrogens (tertiary/aromatic N) is 1. The fourth-order valence-corrected chi connectivity index (χ4v) is 3.60. The van der Waals surface area contributed by atoms with Crippen LogP contribution < -0.4 is 14.4 Å². The summed E-state index contributed by atoms with van der Waals surface area (Å²) in [7, 11) is 1.56. The van der Waals surface area contributed by atoms with Gasteiger partial charge >= 0.3 is 0 Å². The van der Waals surface area contributed by atoms with Crippen LogP contribution in [0.2, 0.25) is 0 Å². The molecule has 0 radical (unpaired) electrons. The van der Waals surface area contributed by atoms with Crippen molar-refractivity contribution in [3.8, 4) is 11.5 Å². The van der Waals surface area contributed by atoms with Gasteiger partial charge in [-0.15, -0.1) is 0 Å². The van der Waals surface area contributed by atoms with E-state index in [2.05, 4.69) is 0 Å². The van der Waals surface area contributed by atoms with Gasteiger partial charge in [0, 0.05) is 11.1 Å². The summed E-state index contributed by atoms with van der Waals surface area (Å²) >= 11 is 0. The average molecular weight is 424 g/mol. The maximum atomic E-state index is 13.3. The SMILES string of the molecule is COc1ccc(N2C(=O)C(O)=C(C(=O)C(C)(C)C)C2c2cccc(OC(C)C)c2)cc1. The number of carbonyl (C=O) groups is 2. The second-order valence-corrected chi connectivity index (χ2v) is 8.86. The molecule has 1 N–H and O–H groups in total. The molecule has 1 amide bonds. The number of amides is 1. The Morgan fingerprint density at radius 3 is 2.26 bits per heavy atom. The molecule has 2 aromatic rings. The second-order valence-electron chi connectivity index (χ2n) is 8.86. The Labute approximate surface area is 183 Å². The molecule has 164 valence electrons. The minimum absolute atomic E-state index is 0.0298. The number of hydrogen-bond donors (Lipinski definition) is 1. The number of methoxy groups -OCH3 is 1. The molecule has 2 aromatic carbocycles. The van der Waals surface area contributed by atoms with Gasteiger partial charge in [0.1, 0.15) is 11.5 Å². The number of rotatable bonds is 6. The highest BCUT2D eigenvalue weighted by molar-refractivity contribution is 6.17. The molecule has 1 aliphatic rings. The van der Waals surface area contributed by atoms with E-state index in [1.54, 1.807) is 52.1 Å². The van der Waals surface area contributed by atoms with Crippen molar-refractivity contribution in [3.05, 3.63) is 65.4 Å². The average Bonchev–Trinajstić information content (AvgIpc) is 2.97. The molecule has 1 heterocycles. The van der Waals surface area contributed by atoms with Gasteiger partial charge in [-0.1, -0.05) is 32.9 Å². The molecule has 0 saturated heterocycles. The molecule has 6 nitrogen and oxygen atoms in total. The third-order valence-electron chi connectivity index (χ3n) is 5.03. The van der Waals surface area contributed by atoms with Gasteiger partial charge in [0.25, 0.3) is 5.91 Å². The molecule has 1 unspecified atom stereocenters. The van der Waals surface area contributed by atoms with Gasteiger partial charge in [-0.2, -0.15) is 0 Å². The van der Waals surface area contributed by atoms with Crippen molar-refractivity contribution < 1.29 is 24.2 Å². The Balaban J connectivity index is 2.17. The van der Waals surface area contributed by atoms with Crippen LogP contribution in [0.3, 0.4) is 0 Å². The van der Waals surface area contributed by atoms with Crippen LogP contribution in [-0.2, 0) is 9.59 Å². The number of aliphatic hydroxyl groups is 1. The molecule has 0 bridgehead atoms. The first-order chi connectivity index (χ1) is 14.5. The topological polar surface area (TPSA) is 76.1 Å². The van der Waals surface area contributed by atoms with Crippen molar-refractivity contribution in [3.63, 3.8) is 0 Å². The Morgan fingerprint density at radius 1 is 1.06 bits per heavy atom. The molecule has 0 aromatic heterocycles. The first kappa shape index (κ1) is 22.4. The van der Waals surface area contributed by atoms with Gasteiger partial charge in [-0.05, 0) is 55.8 Å². The lowest BCUT2D eigenvalue weighted by Gasteiger charge is -2.29. The van der Waals surface area contributed by atoms with Crippen LogP contribution in [0.4, 0.5) is 5.69 Å². The van der Waals surface area contributed by atoms with Crippen molar-refractivity contribution in [2.24, 2.45) is 5.41 Å².